The van der Waals surface area contributed by atoms with Gasteiger partial charge in [0.15, 0.2) is 6.10 Å². The zero-order chi connectivity index (χ0) is 25.2. The van der Waals surface area contributed by atoms with E-state index >= 15 is 0 Å². The highest BCUT2D eigenvalue weighted by atomic mass is 16.6. The van der Waals surface area contributed by atoms with Crippen molar-refractivity contribution in [3.63, 3.8) is 0 Å². The maximum Gasteiger partial charge on any atom is 0.338 e. The summed E-state index contributed by atoms with van der Waals surface area (Å²) in [6.07, 6.45) is -0.795. The Bertz CT molecular complexity index is 1430. The van der Waals surface area contributed by atoms with Crippen LogP contribution in [0, 0.1) is 0 Å². The van der Waals surface area contributed by atoms with Crippen LogP contribution < -0.4 is 4.74 Å². The minimum absolute atomic E-state index is 0.0396. The lowest BCUT2D eigenvalue weighted by molar-refractivity contribution is 0.0279. The maximum absolute atomic E-state index is 12.8. The quantitative estimate of drug-likeness (QED) is 0.280. The van der Waals surface area contributed by atoms with Gasteiger partial charge in [-0.3, -0.25) is 14.5 Å². The van der Waals surface area contributed by atoms with Gasteiger partial charge in [0.25, 0.3) is 17.7 Å². The van der Waals surface area contributed by atoms with Crippen molar-refractivity contribution < 1.29 is 28.3 Å². The van der Waals surface area contributed by atoms with Crippen LogP contribution in [0.25, 0.3) is 11.5 Å². The topological polar surface area (TPSA) is 112 Å². The molecule has 0 spiro atoms. The number of carbonyl (C=O) groups excluding carboxylic acids is 3. The van der Waals surface area contributed by atoms with Crippen molar-refractivity contribution in [3.05, 3.63) is 101 Å². The maximum atomic E-state index is 12.8. The van der Waals surface area contributed by atoms with Gasteiger partial charge < -0.3 is 13.9 Å². The predicted octanol–water partition coefficient (Wildman–Crippen LogP) is 4.46. The molecule has 0 saturated heterocycles. The van der Waals surface area contributed by atoms with E-state index in [0.29, 0.717) is 33.9 Å². The van der Waals surface area contributed by atoms with Crippen LogP contribution in [0.5, 0.6) is 5.75 Å². The molecule has 9 nitrogen and oxygen atoms in total. The molecule has 1 unspecified atom stereocenters. The smallest absolute Gasteiger partial charge is 0.338 e. The van der Waals surface area contributed by atoms with E-state index in [1.54, 1.807) is 86.8 Å². The highest BCUT2D eigenvalue weighted by molar-refractivity contribution is 6.21. The number of benzene rings is 3. The van der Waals surface area contributed by atoms with Gasteiger partial charge in [0.05, 0.1) is 30.3 Å². The van der Waals surface area contributed by atoms with Crippen LogP contribution in [0.15, 0.2) is 77.2 Å². The molecule has 0 aliphatic carbocycles. The monoisotopic (exact) mass is 483 g/mol. The number of nitrogens with zero attached hydrogens (tertiary/aromatic N) is 3. The van der Waals surface area contributed by atoms with Crippen LogP contribution in [-0.2, 0) is 11.3 Å². The zero-order valence-corrected chi connectivity index (χ0v) is 19.5. The molecule has 180 valence electrons. The molecular weight excluding hydrogens is 462 g/mol. The van der Waals surface area contributed by atoms with Gasteiger partial charge in [0.2, 0.25) is 5.89 Å². The van der Waals surface area contributed by atoms with Gasteiger partial charge in [-0.2, -0.15) is 0 Å². The van der Waals surface area contributed by atoms with E-state index in [0.717, 1.165) is 4.90 Å². The third kappa shape index (κ3) is 4.34. The number of ether oxygens (including phenoxy) is 2. The summed E-state index contributed by atoms with van der Waals surface area (Å²) >= 11 is 0. The Labute approximate surface area is 206 Å². The average Bonchev–Trinajstić information content (AvgIpc) is 3.49. The van der Waals surface area contributed by atoms with E-state index in [1.165, 1.54) is 0 Å². The van der Waals surface area contributed by atoms with Gasteiger partial charge in [-0.15, -0.1) is 10.2 Å². The van der Waals surface area contributed by atoms with Gasteiger partial charge in [0.1, 0.15) is 5.75 Å². The SMILES string of the molecule is COc1ccc(-c2nnc(C(C)OC(=O)c3cccc(CN4C(=O)c5ccccc5C4=O)c3)o2)cc1. The van der Waals surface area contributed by atoms with Crippen molar-refractivity contribution in [1.82, 2.24) is 15.1 Å². The molecule has 5 rings (SSSR count). The largest absolute Gasteiger partial charge is 0.497 e. The molecule has 36 heavy (non-hydrogen) atoms. The van der Waals surface area contributed by atoms with E-state index in [4.69, 9.17) is 13.9 Å². The van der Waals surface area contributed by atoms with E-state index in [1.807, 2.05) is 0 Å². The Hall–Kier alpha value is -4.79. The third-order valence-corrected chi connectivity index (χ3v) is 5.79. The number of hydrogen-bond acceptors (Lipinski definition) is 8. The standard InChI is InChI=1S/C27H21N3O6/c1-16(23-28-29-24(36-23)18-10-12-20(34-2)13-11-18)35-27(33)19-7-5-6-17(14-19)15-30-25(31)21-8-3-4-9-22(21)26(30)32/h3-14,16H,15H2,1-2H3. The fourth-order valence-electron chi connectivity index (χ4n) is 3.89. The number of esters is 1. The summed E-state index contributed by atoms with van der Waals surface area (Å²) in [6, 6.07) is 20.4. The van der Waals surface area contributed by atoms with Gasteiger partial charge in [-0.25, -0.2) is 4.79 Å². The first kappa shape index (κ1) is 23.0. The number of carbonyl (C=O) groups is 3. The van der Waals surface area contributed by atoms with Crippen molar-refractivity contribution >= 4 is 17.8 Å². The van der Waals surface area contributed by atoms with Gasteiger partial charge in [0, 0.05) is 5.56 Å². The molecule has 1 aliphatic heterocycles. The minimum Gasteiger partial charge on any atom is -0.497 e. The Morgan fingerprint density at radius 2 is 1.64 bits per heavy atom. The number of rotatable bonds is 7. The summed E-state index contributed by atoms with van der Waals surface area (Å²) < 4.78 is 16.4. The molecule has 0 N–H and O–H groups in total. The Kier molecular flexibility index (Phi) is 6.03. The molecule has 1 atom stereocenters. The lowest BCUT2D eigenvalue weighted by Crippen LogP contribution is -2.29. The van der Waals surface area contributed by atoms with Gasteiger partial charge >= 0.3 is 5.97 Å². The Balaban J connectivity index is 1.26. The normalized spacial score (nSPS) is 13.4. The van der Waals surface area contributed by atoms with Crippen LogP contribution in [0.2, 0.25) is 0 Å². The molecule has 3 aromatic carbocycles. The second-order valence-electron chi connectivity index (χ2n) is 8.16. The molecule has 0 saturated carbocycles. The minimum atomic E-state index is -0.795. The third-order valence-electron chi connectivity index (χ3n) is 5.79. The van der Waals surface area contributed by atoms with Gasteiger partial charge in [-0.1, -0.05) is 24.3 Å². The lowest BCUT2D eigenvalue weighted by Gasteiger charge is -2.15. The number of hydrogen-bond donors (Lipinski definition) is 0. The summed E-state index contributed by atoms with van der Waals surface area (Å²) in [5, 5.41) is 8.03. The van der Waals surface area contributed by atoms with Crippen molar-refractivity contribution in [2.75, 3.05) is 7.11 Å². The number of aromatic nitrogens is 2. The first-order chi connectivity index (χ1) is 17.4. The van der Waals surface area contributed by atoms with Crippen molar-refractivity contribution in [1.29, 1.82) is 0 Å². The van der Waals surface area contributed by atoms with Crippen LogP contribution in [0.3, 0.4) is 0 Å². The summed E-state index contributed by atoms with van der Waals surface area (Å²) in [4.78, 5) is 39.3. The van der Waals surface area contributed by atoms with Crippen LogP contribution in [-0.4, -0.2) is 40.0 Å². The molecule has 9 heteroatoms. The predicted molar refractivity (Wildman–Crippen MR) is 127 cm³/mol. The molecule has 1 aliphatic rings. The zero-order valence-electron chi connectivity index (χ0n) is 19.5. The van der Waals surface area contributed by atoms with Crippen molar-refractivity contribution in [2.24, 2.45) is 0 Å². The summed E-state index contributed by atoms with van der Waals surface area (Å²) in [6.45, 7) is 1.67. The molecule has 1 aromatic heterocycles. The molecule has 0 bridgehead atoms. The molecule has 2 heterocycles. The first-order valence-electron chi connectivity index (χ1n) is 11.2. The molecule has 4 aromatic rings. The second kappa shape index (κ2) is 9.46. The lowest BCUT2D eigenvalue weighted by atomic mass is 10.1. The van der Waals surface area contributed by atoms with Gasteiger partial charge in [-0.05, 0) is 61.0 Å². The average molecular weight is 483 g/mol. The summed E-state index contributed by atoms with van der Waals surface area (Å²) in [5.74, 6) is -0.181. The molecule has 2 amide bonds. The highest BCUT2D eigenvalue weighted by Gasteiger charge is 2.35. The van der Waals surface area contributed by atoms with Crippen LogP contribution in [0.4, 0.5) is 0 Å². The van der Waals surface area contributed by atoms with E-state index in [9.17, 15) is 14.4 Å². The first-order valence-corrected chi connectivity index (χ1v) is 11.2. The Morgan fingerprint density at radius 3 is 2.31 bits per heavy atom. The molecular formula is C27H21N3O6. The van der Waals surface area contributed by atoms with Crippen molar-refractivity contribution in [2.45, 2.75) is 19.6 Å². The van der Waals surface area contributed by atoms with Crippen LogP contribution >= 0.6 is 0 Å². The number of imide groups is 1. The summed E-state index contributed by atoms with van der Waals surface area (Å²) in [5.41, 5.74) is 2.34. The van der Waals surface area contributed by atoms with Crippen LogP contribution in [0.1, 0.15) is 55.6 Å². The Morgan fingerprint density at radius 1 is 0.944 bits per heavy atom. The fourth-order valence-corrected chi connectivity index (χ4v) is 3.89. The number of fused-ring (bicyclic) bond motifs is 1. The number of amides is 2. The summed E-state index contributed by atoms with van der Waals surface area (Å²) in [7, 11) is 1.58. The van der Waals surface area contributed by atoms with E-state index < -0.39 is 12.1 Å². The molecule has 0 fully saturated rings. The molecule has 0 radical (unpaired) electrons. The number of methoxy groups -OCH3 is 1. The van der Waals surface area contributed by atoms with E-state index in [2.05, 4.69) is 10.2 Å². The van der Waals surface area contributed by atoms with Crippen molar-refractivity contribution in [3.8, 4) is 17.2 Å². The second-order valence-corrected chi connectivity index (χ2v) is 8.16. The van der Waals surface area contributed by atoms with E-state index in [-0.39, 0.29) is 29.8 Å². The fraction of sp³-hybridized carbons (Fsp3) is 0.148. The highest BCUT2D eigenvalue weighted by Crippen LogP contribution is 2.26.